The molecule has 6 heteroatoms. The SMILES string of the molecule is O=c1oc(/C(Cl)=C/c2ccc(-c3ccccc3F)o2)nc2ccccc12. The largest absolute Gasteiger partial charge is 0.457 e. The molecule has 26 heavy (non-hydrogen) atoms. The minimum absolute atomic E-state index is 0.0146. The molecule has 0 aliphatic carbocycles. The van der Waals surface area contributed by atoms with Gasteiger partial charge >= 0.3 is 5.63 Å². The molecular formula is C20H11ClFNO3. The molecule has 2 aromatic heterocycles. The van der Waals surface area contributed by atoms with Gasteiger partial charge in [-0.25, -0.2) is 14.2 Å². The number of nitrogens with zero attached hydrogens (tertiary/aromatic N) is 1. The molecule has 128 valence electrons. The molecule has 4 aromatic rings. The summed E-state index contributed by atoms with van der Waals surface area (Å²) in [5.41, 5.74) is 0.305. The van der Waals surface area contributed by atoms with Crippen LogP contribution < -0.4 is 5.63 Å². The zero-order chi connectivity index (χ0) is 18.1. The second kappa shape index (κ2) is 6.61. The van der Waals surface area contributed by atoms with E-state index in [0.717, 1.165) is 0 Å². The number of benzene rings is 2. The van der Waals surface area contributed by atoms with E-state index in [2.05, 4.69) is 4.98 Å². The van der Waals surface area contributed by atoms with Gasteiger partial charge in [0.25, 0.3) is 0 Å². The van der Waals surface area contributed by atoms with Gasteiger partial charge < -0.3 is 8.83 Å². The molecule has 0 aliphatic heterocycles. The molecule has 2 aromatic carbocycles. The summed E-state index contributed by atoms with van der Waals surface area (Å²) in [6, 6.07) is 16.4. The predicted molar refractivity (Wildman–Crippen MR) is 98.1 cm³/mol. The van der Waals surface area contributed by atoms with Crippen LogP contribution in [0.3, 0.4) is 0 Å². The van der Waals surface area contributed by atoms with Crippen LogP contribution in [0.25, 0.3) is 33.3 Å². The first-order valence-electron chi connectivity index (χ1n) is 7.74. The van der Waals surface area contributed by atoms with E-state index in [1.54, 1.807) is 54.6 Å². The Morgan fingerprint density at radius 2 is 1.77 bits per heavy atom. The Kier molecular flexibility index (Phi) is 4.14. The van der Waals surface area contributed by atoms with E-state index >= 15 is 0 Å². The molecular weight excluding hydrogens is 357 g/mol. The molecule has 0 saturated carbocycles. The van der Waals surface area contributed by atoms with Gasteiger partial charge in [0.15, 0.2) is 0 Å². The molecule has 0 amide bonds. The van der Waals surface area contributed by atoms with Crippen LogP contribution in [0.5, 0.6) is 0 Å². The zero-order valence-electron chi connectivity index (χ0n) is 13.3. The first kappa shape index (κ1) is 16.3. The van der Waals surface area contributed by atoms with Gasteiger partial charge in [0.1, 0.15) is 22.4 Å². The molecule has 0 radical (unpaired) electrons. The maximum absolute atomic E-state index is 13.8. The molecule has 0 aliphatic rings. The van der Waals surface area contributed by atoms with Crippen molar-refractivity contribution < 1.29 is 13.2 Å². The highest BCUT2D eigenvalue weighted by Crippen LogP contribution is 2.28. The van der Waals surface area contributed by atoms with Crippen LogP contribution in [0.15, 0.2) is 74.3 Å². The van der Waals surface area contributed by atoms with Gasteiger partial charge in [-0.1, -0.05) is 35.9 Å². The van der Waals surface area contributed by atoms with Crippen LogP contribution in [0, 0.1) is 5.82 Å². The lowest BCUT2D eigenvalue weighted by Gasteiger charge is -2.00. The molecule has 0 atom stereocenters. The topological polar surface area (TPSA) is 56.2 Å². The number of hydrogen-bond donors (Lipinski definition) is 0. The Morgan fingerprint density at radius 3 is 2.62 bits per heavy atom. The number of halogens is 2. The summed E-state index contributed by atoms with van der Waals surface area (Å²) in [5, 5.41) is 0.475. The van der Waals surface area contributed by atoms with E-state index in [1.807, 2.05) is 0 Å². The number of hydrogen-bond acceptors (Lipinski definition) is 4. The van der Waals surface area contributed by atoms with Crippen molar-refractivity contribution in [1.82, 2.24) is 4.98 Å². The monoisotopic (exact) mass is 367 g/mol. The summed E-state index contributed by atoms with van der Waals surface area (Å²) in [7, 11) is 0. The van der Waals surface area contributed by atoms with E-state index in [0.29, 0.717) is 28.0 Å². The molecule has 0 saturated heterocycles. The maximum atomic E-state index is 13.8. The molecule has 0 bridgehead atoms. The van der Waals surface area contributed by atoms with Crippen LogP contribution in [0.2, 0.25) is 0 Å². The fourth-order valence-electron chi connectivity index (χ4n) is 2.54. The highest BCUT2D eigenvalue weighted by molar-refractivity contribution is 6.50. The van der Waals surface area contributed by atoms with Crippen molar-refractivity contribution in [3.05, 3.63) is 88.6 Å². The summed E-state index contributed by atoms with van der Waals surface area (Å²) in [5.74, 6) is 0.350. The standard InChI is InChI=1S/C20H11ClFNO3/c21-15(19-23-17-8-4-2-6-14(17)20(24)26-19)11-12-9-10-18(25-12)13-5-1-3-7-16(13)22/h1-11H/b15-11-. The molecule has 0 N–H and O–H groups in total. The lowest BCUT2D eigenvalue weighted by Crippen LogP contribution is -2.03. The third-order valence-corrected chi connectivity index (χ3v) is 4.05. The van der Waals surface area contributed by atoms with Crippen LogP contribution in [-0.2, 0) is 0 Å². The van der Waals surface area contributed by atoms with Crippen LogP contribution >= 0.6 is 11.6 Å². The average Bonchev–Trinajstić information content (AvgIpc) is 3.10. The molecule has 0 spiro atoms. The van der Waals surface area contributed by atoms with Crippen LogP contribution in [0.4, 0.5) is 4.39 Å². The van der Waals surface area contributed by atoms with Crippen molar-refractivity contribution >= 4 is 33.6 Å². The Balaban J connectivity index is 1.71. The predicted octanol–water partition coefficient (Wildman–Crippen LogP) is 5.32. The van der Waals surface area contributed by atoms with Crippen molar-refractivity contribution in [3.63, 3.8) is 0 Å². The number of fused-ring (bicyclic) bond motifs is 1. The third-order valence-electron chi connectivity index (χ3n) is 3.77. The summed E-state index contributed by atoms with van der Waals surface area (Å²) in [6.45, 7) is 0. The smallest absolute Gasteiger partial charge is 0.347 e. The fourth-order valence-corrected chi connectivity index (χ4v) is 2.73. The van der Waals surface area contributed by atoms with Crippen molar-refractivity contribution in [3.8, 4) is 11.3 Å². The van der Waals surface area contributed by atoms with Gasteiger partial charge in [0.2, 0.25) is 5.89 Å². The molecule has 4 nitrogen and oxygen atoms in total. The summed E-state index contributed by atoms with van der Waals surface area (Å²) >= 11 is 6.23. The molecule has 4 rings (SSSR count). The normalized spacial score (nSPS) is 11.8. The second-order valence-corrected chi connectivity index (χ2v) is 5.90. The molecule has 0 fully saturated rings. The number of furan rings is 1. The van der Waals surface area contributed by atoms with Gasteiger partial charge in [-0.3, -0.25) is 0 Å². The minimum atomic E-state index is -0.524. The van der Waals surface area contributed by atoms with Gasteiger partial charge in [-0.05, 0) is 36.4 Å². The second-order valence-electron chi connectivity index (χ2n) is 5.50. The van der Waals surface area contributed by atoms with Crippen molar-refractivity contribution in [2.75, 3.05) is 0 Å². The number of aromatic nitrogens is 1. The summed E-state index contributed by atoms with van der Waals surface area (Å²) < 4.78 is 24.6. The minimum Gasteiger partial charge on any atom is -0.457 e. The van der Waals surface area contributed by atoms with E-state index < -0.39 is 5.63 Å². The number of para-hydroxylation sites is 1. The van der Waals surface area contributed by atoms with Crippen LogP contribution in [0.1, 0.15) is 11.7 Å². The van der Waals surface area contributed by atoms with Crippen LogP contribution in [-0.4, -0.2) is 4.98 Å². The zero-order valence-corrected chi connectivity index (χ0v) is 14.0. The fraction of sp³-hybridized carbons (Fsp3) is 0. The molecule has 2 heterocycles. The summed E-state index contributed by atoms with van der Waals surface area (Å²) in [4.78, 5) is 16.3. The Morgan fingerprint density at radius 1 is 1.00 bits per heavy atom. The summed E-state index contributed by atoms with van der Waals surface area (Å²) in [6.07, 6.45) is 1.46. The third kappa shape index (κ3) is 3.05. The van der Waals surface area contributed by atoms with Crippen molar-refractivity contribution in [2.45, 2.75) is 0 Å². The highest BCUT2D eigenvalue weighted by Gasteiger charge is 2.12. The van der Waals surface area contributed by atoms with E-state index in [1.165, 1.54) is 12.1 Å². The van der Waals surface area contributed by atoms with Crippen molar-refractivity contribution in [1.29, 1.82) is 0 Å². The lowest BCUT2D eigenvalue weighted by molar-refractivity contribution is 0.489. The van der Waals surface area contributed by atoms with Gasteiger partial charge in [0, 0.05) is 6.08 Å². The Hall–Kier alpha value is -3.18. The Labute approximate surface area is 152 Å². The first-order chi connectivity index (χ1) is 12.6. The van der Waals surface area contributed by atoms with Gasteiger partial charge in [-0.15, -0.1) is 0 Å². The quantitative estimate of drug-likeness (QED) is 0.491. The average molecular weight is 368 g/mol. The first-order valence-corrected chi connectivity index (χ1v) is 8.12. The van der Waals surface area contributed by atoms with Gasteiger partial charge in [-0.2, -0.15) is 0 Å². The number of rotatable bonds is 3. The maximum Gasteiger partial charge on any atom is 0.347 e. The highest BCUT2D eigenvalue weighted by atomic mass is 35.5. The Bertz CT molecular complexity index is 1190. The lowest BCUT2D eigenvalue weighted by atomic mass is 10.1. The van der Waals surface area contributed by atoms with Crippen molar-refractivity contribution in [2.24, 2.45) is 0 Å². The van der Waals surface area contributed by atoms with E-state index in [9.17, 15) is 9.18 Å². The van der Waals surface area contributed by atoms with Gasteiger partial charge in [0.05, 0.1) is 16.5 Å². The molecule has 0 unspecified atom stereocenters. The van der Waals surface area contributed by atoms with E-state index in [-0.39, 0.29) is 16.7 Å². The van der Waals surface area contributed by atoms with E-state index in [4.69, 9.17) is 20.4 Å².